The van der Waals surface area contributed by atoms with Gasteiger partial charge in [0.15, 0.2) is 5.78 Å². The number of hydrogen-bond acceptors (Lipinski definition) is 3. The zero-order chi connectivity index (χ0) is 23.3. The molecule has 1 N–H and O–H groups in total. The lowest BCUT2D eigenvalue weighted by atomic mass is 10.1. The average molecular weight is 442 g/mol. The van der Waals surface area contributed by atoms with Gasteiger partial charge in [-0.05, 0) is 55.2 Å². The molecule has 0 radical (unpaired) electrons. The molecule has 0 amide bonds. The van der Waals surface area contributed by atoms with Gasteiger partial charge in [-0.15, -0.1) is 0 Å². The predicted molar refractivity (Wildman–Crippen MR) is 120 cm³/mol. The Morgan fingerprint density at radius 3 is 2.66 bits per heavy atom. The van der Waals surface area contributed by atoms with Gasteiger partial charge in [0.25, 0.3) is 0 Å². The number of anilines is 1. The van der Waals surface area contributed by atoms with Crippen LogP contribution in [0.1, 0.15) is 41.4 Å². The highest BCUT2D eigenvalue weighted by Crippen LogP contribution is 2.28. The molecule has 32 heavy (non-hydrogen) atoms. The number of carbonyl (C=O) groups excluding carboxylic acids is 1. The zero-order valence-corrected chi connectivity index (χ0v) is 18.3. The SMILES string of the molecule is CCCC(=O)c1ccc(NCC#Cc2cc3c(C)cccc3n2CC(F)(F)F)c(OC)c1. The molecule has 0 unspecified atom stereocenters. The number of hydrogen-bond donors (Lipinski definition) is 1. The Hall–Kier alpha value is -3.40. The number of nitrogens with one attached hydrogen (secondary N) is 1. The third-order valence-corrected chi connectivity index (χ3v) is 5.09. The third-order valence-electron chi connectivity index (χ3n) is 5.09. The summed E-state index contributed by atoms with van der Waals surface area (Å²) >= 11 is 0. The van der Waals surface area contributed by atoms with Crippen molar-refractivity contribution in [2.45, 2.75) is 39.4 Å². The number of benzene rings is 2. The molecule has 0 aliphatic heterocycles. The van der Waals surface area contributed by atoms with Gasteiger partial charge in [0.1, 0.15) is 12.3 Å². The predicted octanol–water partition coefficient (Wildman–Crippen LogP) is 5.97. The molecule has 7 heteroatoms. The summed E-state index contributed by atoms with van der Waals surface area (Å²) in [7, 11) is 1.51. The van der Waals surface area contributed by atoms with E-state index in [1.165, 1.54) is 11.7 Å². The van der Waals surface area contributed by atoms with E-state index in [1.807, 2.05) is 19.9 Å². The van der Waals surface area contributed by atoms with Crippen molar-refractivity contribution in [2.75, 3.05) is 19.0 Å². The van der Waals surface area contributed by atoms with E-state index in [0.717, 1.165) is 17.4 Å². The minimum Gasteiger partial charge on any atom is -0.495 e. The molecule has 168 valence electrons. The normalized spacial score (nSPS) is 11.2. The lowest BCUT2D eigenvalue weighted by Crippen LogP contribution is -2.18. The van der Waals surface area contributed by atoms with Crippen LogP contribution in [0.15, 0.2) is 42.5 Å². The summed E-state index contributed by atoms with van der Waals surface area (Å²) in [4.78, 5) is 12.1. The van der Waals surface area contributed by atoms with E-state index in [-0.39, 0.29) is 12.3 Å². The van der Waals surface area contributed by atoms with Crippen LogP contribution in [-0.4, -0.2) is 30.2 Å². The Morgan fingerprint density at radius 1 is 1.19 bits per heavy atom. The van der Waals surface area contributed by atoms with Crippen LogP contribution in [0.4, 0.5) is 18.9 Å². The van der Waals surface area contributed by atoms with E-state index in [1.54, 1.807) is 36.4 Å². The van der Waals surface area contributed by atoms with Crippen molar-refractivity contribution in [3.05, 3.63) is 59.3 Å². The molecular weight excluding hydrogens is 417 g/mol. The van der Waals surface area contributed by atoms with Gasteiger partial charge in [0, 0.05) is 22.9 Å². The zero-order valence-electron chi connectivity index (χ0n) is 18.3. The van der Waals surface area contributed by atoms with Crippen LogP contribution >= 0.6 is 0 Å². The number of halogens is 3. The molecule has 0 aliphatic carbocycles. The van der Waals surface area contributed by atoms with Crippen molar-refractivity contribution in [1.29, 1.82) is 0 Å². The first-order chi connectivity index (χ1) is 15.2. The van der Waals surface area contributed by atoms with Crippen LogP contribution < -0.4 is 10.1 Å². The van der Waals surface area contributed by atoms with Gasteiger partial charge in [-0.25, -0.2) is 0 Å². The maximum atomic E-state index is 13.1. The summed E-state index contributed by atoms with van der Waals surface area (Å²) in [6.07, 6.45) is -3.12. The summed E-state index contributed by atoms with van der Waals surface area (Å²) in [5.74, 6) is 6.31. The molecule has 0 bridgehead atoms. The van der Waals surface area contributed by atoms with Crippen molar-refractivity contribution in [2.24, 2.45) is 0 Å². The molecule has 0 aliphatic rings. The van der Waals surface area contributed by atoms with Crippen molar-refractivity contribution in [1.82, 2.24) is 4.57 Å². The Labute approximate surface area is 185 Å². The minimum absolute atomic E-state index is 0.0462. The number of aryl methyl sites for hydroxylation is 1. The number of ketones is 1. The Bertz CT molecular complexity index is 1180. The first-order valence-corrected chi connectivity index (χ1v) is 10.3. The molecule has 3 rings (SSSR count). The van der Waals surface area contributed by atoms with Crippen molar-refractivity contribution < 1.29 is 22.7 Å². The number of nitrogens with zero attached hydrogens (tertiary/aromatic N) is 1. The van der Waals surface area contributed by atoms with Crippen molar-refractivity contribution in [3.8, 4) is 17.6 Å². The van der Waals surface area contributed by atoms with E-state index < -0.39 is 12.7 Å². The molecule has 2 aromatic carbocycles. The lowest BCUT2D eigenvalue weighted by molar-refractivity contribution is -0.140. The number of Topliss-reactive ketones (excluding diaryl/α,β-unsaturated/α-hetero) is 1. The molecular formula is C25H25F3N2O2. The molecule has 1 heterocycles. The number of carbonyl (C=O) groups is 1. The highest BCUT2D eigenvalue weighted by Gasteiger charge is 2.29. The highest BCUT2D eigenvalue weighted by atomic mass is 19.4. The van der Waals surface area contributed by atoms with Crippen LogP contribution in [0.3, 0.4) is 0 Å². The van der Waals surface area contributed by atoms with Gasteiger partial charge in [-0.3, -0.25) is 4.79 Å². The molecule has 4 nitrogen and oxygen atoms in total. The fourth-order valence-corrected chi connectivity index (χ4v) is 3.54. The number of ether oxygens (including phenoxy) is 1. The first kappa shape index (κ1) is 23.3. The molecule has 0 saturated carbocycles. The van der Waals surface area contributed by atoms with Crippen LogP contribution in [0, 0.1) is 18.8 Å². The van der Waals surface area contributed by atoms with Gasteiger partial charge in [-0.2, -0.15) is 13.2 Å². The Kier molecular flexibility index (Phi) is 7.14. The van der Waals surface area contributed by atoms with Gasteiger partial charge < -0.3 is 14.6 Å². The smallest absolute Gasteiger partial charge is 0.406 e. The quantitative estimate of drug-likeness (QED) is 0.362. The second-order valence-electron chi connectivity index (χ2n) is 7.48. The molecule has 0 fully saturated rings. The topological polar surface area (TPSA) is 43.3 Å². The van der Waals surface area contributed by atoms with E-state index in [9.17, 15) is 18.0 Å². The number of fused-ring (bicyclic) bond motifs is 1. The van der Waals surface area contributed by atoms with Gasteiger partial charge in [-0.1, -0.05) is 25.0 Å². The maximum absolute atomic E-state index is 13.1. The second-order valence-corrected chi connectivity index (χ2v) is 7.48. The molecule has 3 aromatic rings. The standard InChI is InChI=1S/C25H25F3N2O2/c1-4-7-23(31)18-11-12-21(24(14-18)32-3)29-13-6-9-19-15-20-17(2)8-5-10-22(20)30(19)16-25(26,27)28/h5,8,10-12,14-15,29H,4,7,13,16H2,1-3H3. The Morgan fingerprint density at radius 2 is 1.97 bits per heavy atom. The third kappa shape index (κ3) is 5.44. The van der Waals surface area contributed by atoms with E-state index in [4.69, 9.17) is 4.74 Å². The summed E-state index contributed by atoms with van der Waals surface area (Å²) in [5.41, 5.74) is 2.94. The Balaban J connectivity index is 1.82. The van der Waals surface area contributed by atoms with Crippen LogP contribution in [-0.2, 0) is 6.54 Å². The second kappa shape index (κ2) is 9.82. The monoisotopic (exact) mass is 442 g/mol. The van der Waals surface area contributed by atoms with Gasteiger partial charge >= 0.3 is 6.18 Å². The number of methoxy groups -OCH3 is 1. The van der Waals surface area contributed by atoms with E-state index in [0.29, 0.717) is 34.6 Å². The lowest BCUT2D eigenvalue weighted by Gasteiger charge is -2.11. The van der Waals surface area contributed by atoms with E-state index >= 15 is 0 Å². The van der Waals surface area contributed by atoms with Gasteiger partial charge in [0.05, 0.1) is 25.0 Å². The van der Waals surface area contributed by atoms with Crippen LogP contribution in [0.25, 0.3) is 10.9 Å². The highest BCUT2D eigenvalue weighted by molar-refractivity contribution is 5.97. The number of rotatable bonds is 7. The fraction of sp³-hybridized carbons (Fsp3) is 0.320. The summed E-state index contributed by atoms with van der Waals surface area (Å²) in [6, 6.07) is 12.1. The molecule has 0 atom stereocenters. The van der Waals surface area contributed by atoms with Crippen molar-refractivity contribution >= 4 is 22.4 Å². The van der Waals surface area contributed by atoms with Crippen molar-refractivity contribution in [3.63, 3.8) is 0 Å². The average Bonchev–Trinajstić information content (AvgIpc) is 3.08. The van der Waals surface area contributed by atoms with Crippen LogP contribution in [0.2, 0.25) is 0 Å². The summed E-state index contributed by atoms with van der Waals surface area (Å²) < 4.78 is 46.0. The van der Waals surface area contributed by atoms with Crippen LogP contribution in [0.5, 0.6) is 5.75 Å². The largest absolute Gasteiger partial charge is 0.495 e. The molecule has 1 aromatic heterocycles. The first-order valence-electron chi connectivity index (χ1n) is 10.3. The summed E-state index contributed by atoms with van der Waals surface area (Å²) in [5, 5.41) is 3.86. The van der Waals surface area contributed by atoms with Gasteiger partial charge in [0.2, 0.25) is 0 Å². The number of aromatic nitrogens is 1. The molecule has 0 saturated heterocycles. The summed E-state index contributed by atoms with van der Waals surface area (Å²) in [6.45, 7) is 2.91. The minimum atomic E-state index is -4.35. The van der Waals surface area contributed by atoms with E-state index in [2.05, 4.69) is 17.2 Å². The fourth-order valence-electron chi connectivity index (χ4n) is 3.54. The molecule has 0 spiro atoms. The maximum Gasteiger partial charge on any atom is 0.406 e. The number of alkyl halides is 3.